The third-order valence-electron chi connectivity index (χ3n) is 3.13. The van der Waals surface area contributed by atoms with Gasteiger partial charge in [-0.2, -0.15) is 0 Å². The zero-order valence-electron chi connectivity index (χ0n) is 12.2. The SMILES string of the molecule is COC(=O)CCC(NCCO)C(=O)c1ccc(F)c(C)c1. The number of ether oxygens (including phenoxy) is 1. The number of carbonyl (C=O) groups excluding carboxylic acids is 2. The summed E-state index contributed by atoms with van der Waals surface area (Å²) in [6.07, 6.45) is 0.341. The highest BCUT2D eigenvalue weighted by atomic mass is 19.1. The molecule has 1 aromatic carbocycles. The zero-order valence-corrected chi connectivity index (χ0v) is 12.2. The second-order valence-electron chi connectivity index (χ2n) is 4.67. The van der Waals surface area contributed by atoms with E-state index >= 15 is 0 Å². The first-order valence-electron chi connectivity index (χ1n) is 6.71. The van der Waals surface area contributed by atoms with E-state index in [0.717, 1.165) is 0 Å². The first-order valence-corrected chi connectivity index (χ1v) is 6.71. The summed E-state index contributed by atoms with van der Waals surface area (Å²) >= 11 is 0. The zero-order chi connectivity index (χ0) is 15.8. The summed E-state index contributed by atoms with van der Waals surface area (Å²) in [5, 5.41) is 11.7. The number of aryl methyl sites for hydroxylation is 1. The molecule has 0 radical (unpaired) electrons. The molecule has 0 amide bonds. The molecular weight excluding hydrogens is 277 g/mol. The van der Waals surface area contributed by atoms with Gasteiger partial charge in [0.1, 0.15) is 5.82 Å². The fraction of sp³-hybridized carbons (Fsp3) is 0.467. The molecular formula is C15H20FNO4. The van der Waals surface area contributed by atoms with Gasteiger partial charge in [0.2, 0.25) is 0 Å². The van der Waals surface area contributed by atoms with Gasteiger partial charge in [0.05, 0.1) is 19.8 Å². The maximum absolute atomic E-state index is 13.2. The van der Waals surface area contributed by atoms with E-state index in [1.54, 1.807) is 6.92 Å². The van der Waals surface area contributed by atoms with E-state index in [0.29, 0.717) is 11.1 Å². The molecule has 5 nitrogen and oxygen atoms in total. The van der Waals surface area contributed by atoms with Gasteiger partial charge < -0.3 is 15.2 Å². The van der Waals surface area contributed by atoms with Crippen LogP contribution in [0.2, 0.25) is 0 Å². The van der Waals surface area contributed by atoms with Crippen LogP contribution < -0.4 is 5.32 Å². The molecule has 116 valence electrons. The van der Waals surface area contributed by atoms with E-state index in [9.17, 15) is 14.0 Å². The Labute approximate surface area is 123 Å². The Bertz CT molecular complexity index is 504. The number of hydrogen-bond acceptors (Lipinski definition) is 5. The van der Waals surface area contributed by atoms with E-state index in [4.69, 9.17) is 5.11 Å². The van der Waals surface area contributed by atoms with Crippen LogP contribution >= 0.6 is 0 Å². The number of rotatable bonds is 8. The number of esters is 1. The second kappa shape index (κ2) is 8.49. The Morgan fingerprint density at radius 3 is 2.71 bits per heavy atom. The maximum Gasteiger partial charge on any atom is 0.305 e. The van der Waals surface area contributed by atoms with Crippen molar-refractivity contribution in [2.75, 3.05) is 20.3 Å². The van der Waals surface area contributed by atoms with Crippen LogP contribution in [0.1, 0.15) is 28.8 Å². The van der Waals surface area contributed by atoms with Crippen LogP contribution in [0.15, 0.2) is 18.2 Å². The van der Waals surface area contributed by atoms with Crippen LogP contribution in [0, 0.1) is 12.7 Å². The highest BCUT2D eigenvalue weighted by Crippen LogP contribution is 2.13. The normalized spacial score (nSPS) is 12.0. The number of benzene rings is 1. The van der Waals surface area contributed by atoms with E-state index < -0.39 is 12.0 Å². The first-order chi connectivity index (χ1) is 9.99. The number of Topliss-reactive ketones (excluding diaryl/α,β-unsaturated/α-hetero) is 1. The molecule has 0 aliphatic heterocycles. The number of aliphatic hydroxyl groups is 1. The van der Waals surface area contributed by atoms with Gasteiger partial charge in [0.25, 0.3) is 0 Å². The van der Waals surface area contributed by atoms with Crippen LogP contribution in [-0.4, -0.2) is 43.2 Å². The molecule has 0 heterocycles. The second-order valence-corrected chi connectivity index (χ2v) is 4.67. The van der Waals surface area contributed by atoms with Gasteiger partial charge in [-0.25, -0.2) is 4.39 Å². The number of carbonyl (C=O) groups is 2. The summed E-state index contributed by atoms with van der Waals surface area (Å²) in [5.74, 6) is -1.02. The van der Waals surface area contributed by atoms with Crippen LogP contribution in [0.3, 0.4) is 0 Å². The van der Waals surface area contributed by atoms with E-state index in [2.05, 4.69) is 10.1 Å². The quantitative estimate of drug-likeness (QED) is 0.557. The molecule has 21 heavy (non-hydrogen) atoms. The summed E-state index contributed by atoms with van der Waals surface area (Å²) < 4.78 is 17.8. The lowest BCUT2D eigenvalue weighted by molar-refractivity contribution is -0.140. The molecule has 1 unspecified atom stereocenters. The van der Waals surface area contributed by atoms with Crippen molar-refractivity contribution in [2.45, 2.75) is 25.8 Å². The Hall–Kier alpha value is -1.79. The van der Waals surface area contributed by atoms with E-state index in [-0.39, 0.29) is 37.6 Å². The summed E-state index contributed by atoms with van der Waals surface area (Å²) in [7, 11) is 1.28. The topological polar surface area (TPSA) is 75.6 Å². The fourth-order valence-electron chi connectivity index (χ4n) is 1.93. The molecule has 0 fully saturated rings. The standard InChI is InChI=1S/C15H20FNO4/c1-10-9-11(3-4-12(10)16)15(20)13(17-7-8-18)5-6-14(19)21-2/h3-4,9,13,17-18H,5-8H2,1-2H3. The van der Waals surface area contributed by atoms with Crippen LogP contribution in [0.4, 0.5) is 4.39 Å². The third-order valence-corrected chi connectivity index (χ3v) is 3.13. The first kappa shape index (κ1) is 17.3. The number of ketones is 1. The minimum Gasteiger partial charge on any atom is -0.469 e. The Kier molecular flexibility index (Phi) is 6.98. The molecule has 0 aliphatic rings. The summed E-state index contributed by atoms with van der Waals surface area (Å²) in [6.45, 7) is 1.69. The highest BCUT2D eigenvalue weighted by molar-refractivity contribution is 6.00. The molecule has 0 aliphatic carbocycles. The molecule has 1 rings (SSSR count). The minimum absolute atomic E-state index is 0.0888. The average molecular weight is 297 g/mol. The van der Waals surface area contributed by atoms with Crippen LogP contribution in [0.25, 0.3) is 0 Å². The Morgan fingerprint density at radius 2 is 2.14 bits per heavy atom. The molecule has 1 atom stereocenters. The number of hydrogen-bond donors (Lipinski definition) is 2. The average Bonchev–Trinajstić information content (AvgIpc) is 2.49. The predicted molar refractivity (Wildman–Crippen MR) is 75.6 cm³/mol. The Balaban J connectivity index is 2.82. The highest BCUT2D eigenvalue weighted by Gasteiger charge is 2.21. The summed E-state index contributed by atoms with van der Waals surface area (Å²) in [4.78, 5) is 23.6. The van der Waals surface area contributed by atoms with Crippen molar-refractivity contribution in [3.63, 3.8) is 0 Å². The molecule has 2 N–H and O–H groups in total. The molecule has 6 heteroatoms. The van der Waals surface area contributed by atoms with E-state index in [1.165, 1.54) is 25.3 Å². The summed E-state index contributed by atoms with van der Waals surface area (Å²) in [6, 6.07) is 3.51. The van der Waals surface area contributed by atoms with Crippen molar-refractivity contribution < 1.29 is 23.8 Å². The van der Waals surface area contributed by atoms with Gasteiger partial charge in [-0.1, -0.05) is 0 Å². The van der Waals surface area contributed by atoms with Gasteiger partial charge in [-0.05, 0) is 37.1 Å². The smallest absolute Gasteiger partial charge is 0.305 e. The van der Waals surface area contributed by atoms with Crippen molar-refractivity contribution in [1.82, 2.24) is 5.32 Å². The van der Waals surface area contributed by atoms with Gasteiger partial charge in [-0.15, -0.1) is 0 Å². The lowest BCUT2D eigenvalue weighted by Gasteiger charge is -2.17. The molecule has 0 saturated carbocycles. The van der Waals surface area contributed by atoms with Crippen molar-refractivity contribution in [3.8, 4) is 0 Å². The molecule has 0 saturated heterocycles. The molecule has 0 bridgehead atoms. The number of methoxy groups -OCH3 is 1. The fourth-order valence-corrected chi connectivity index (χ4v) is 1.93. The van der Waals surface area contributed by atoms with Crippen LogP contribution in [0.5, 0.6) is 0 Å². The monoisotopic (exact) mass is 297 g/mol. The predicted octanol–water partition coefficient (Wildman–Crippen LogP) is 1.22. The summed E-state index contributed by atoms with van der Waals surface area (Å²) in [5.41, 5.74) is 0.754. The van der Waals surface area contributed by atoms with Crippen molar-refractivity contribution >= 4 is 11.8 Å². The number of nitrogens with one attached hydrogen (secondary N) is 1. The number of aliphatic hydroxyl groups excluding tert-OH is 1. The van der Waals surface area contributed by atoms with Gasteiger partial charge >= 0.3 is 5.97 Å². The van der Waals surface area contributed by atoms with Crippen molar-refractivity contribution in [2.24, 2.45) is 0 Å². The van der Waals surface area contributed by atoms with E-state index in [1.807, 2.05) is 0 Å². The lowest BCUT2D eigenvalue weighted by Crippen LogP contribution is -2.39. The van der Waals surface area contributed by atoms with Crippen LogP contribution in [-0.2, 0) is 9.53 Å². The lowest BCUT2D eigenvalue weighted by atomic mass is 9.98. The van der Waals surface area contributed by atoms with Crippen molar-refractivity contribution in [1.29, 1.82) is 0 Å². The maximum atomic E-state index is 13.2. The molecule has 1 aromatic rings. The third kappa shape index (κ3) is 5.24. The number of halogens is 1. The molecule has 0 spiro atoms. The van der Waals surface area contributed by atoms with Crippen molar-refractivity contribution in [3.05, 3.63) is 35.1 Å². The minimum atomic E-state index is -0.624. The molecule has 0 aromatic heterocycles. The van der Waals surface area contributed by atoms with Gasteiger partial charge in [-0.3, -0.25) is 9.59 Å². The Morgan fingerprint density at radius 1 is 1.43 bits per heavy atom. The van der Waals surface area contributed by atoms with Gasteiger partial charge in [0.15, 0.2) is 5.78 Å². The van der Waals surface area contributed by atoms with Gasteiger partial charge in [0, 0.05) is 18.5 Å². The largest absolute Gasteiger partial charge is 0.469 e.